The van der Waals surface area contributed by atoms with Crippen LogP contribution in [0.3, 0.4) is 0 Å². The zero-order chi connectivity index (χ0) is 9.14. The van der Waals surface area contributed by atoms with Crippen LogP contribution in [0.2, 0.25) is 5.15 Å². The van der Waals surface area contributed by atoms with Gasteiger partial charge in [0.15, 0.2) is 23.5 Å². The quantitative estimate of drug-likeness (QED) is 0.515. The molecule has 0 aliphatic rings. The van der Waals surface area contributed by atoms with Gasteiger partial charge in [0.2, 0.25) is 0 Å². The summed E-state index contributed by atoms with van der Waals surface area (Å²) in [6, 6.07) is 1.08. The average molecular weight is 303 g/mol. The number of ether oxygens (including phenoxy) is 1. The molecule has 0 saturated heterocycles. The van der Waals surface area contributed by atoms with Crippen molar-refractivity contribution in [1.82, 2.24) is 4.98 Å². The summed E-state index contributed by atoms with van der Waals surface area (Å²) in [5.74, 6) is -0.486. The van der Waals surface area contributed by atoms with Gasteiger partial charge in [0, 0.05) is 6.07 Å². The molecule has 6 heteroatoms. The second-order valence-corrected chi connectivity index (χ2v) is 3.20. The molecule has 1 heterocycles. The maximum atomic E-state index is 12.8. The molecule has 1 N–H and O–H groups in total. The Balaban J connectivity index is 3.05. The molecule has 12 heavy (non-hydrogen) atoms. The highest BCUT2D eigenvalue weighted by Crippen LogP contribution is 2.24. The first-order chi connectivity index (χ1) is 5.65. The molecule has 0 bridgehead atoms. The number of pyridine rings is 1. The van der Waals surface area contributed by atoms with Crippen molar-refractivity contribution in [2.75, 3.05) is 6.79 Å². The van der Waals surface area contributed by atoms with E-state index in [2.05, 4.69) is 9.72 Å². The van der Waals surface area contributed by atoms with Crippen molar-refractivity contribution >= 4 is 34.2 Å². The highest BCUT2D eigenvalue weighted by molar-refractivity contribution is 14.1. The first kappa shape index (κ1) is 9.94. The number of aliphatic hydroxyl groups excluding tert-OH is 1. The minimum Gasteiger partial charge on any atom is -0.464 e. The predicted octanol–water partition coefficient (Wildman–Crippen LogP) is 1.81. The smallest absolute Gasteiger partial charge is 0.186 e. The highest BCUT2D eigenvalue weighted by Gasteiger charge is 2.08. The van der Waals surface area contributed by atoms with Gasteiger partial charge in [-0.05, 0) is 22.6 Å². The molecule has 0 aliphatic carbocycles. The Hall–Kier alpha value is -0.140. The maximum Gasteiger partial charge on any atom is 0.186 e. The number of nitrogens with zero attached hydrogens (tertiary/aromatic N) is 1. The number of halogens is 3. The zero-order valence-electron chi connectivity index (χ0n) is 5.72. The molecule has 0 amide bonds. The molecule has 1 aromatic rings. The molecule has 0 aromatic carbocycles. The molecule has 1 rings (SSSR count). The van der Waals surface area contributed by atoms with Crippen molar-refractivity contribution < 1.29 is 14.2 Å². The molecule has 0 atom stereocenters. The Bertz CT molecular complexity index is 297. The van der Waals surface area contributed by atoms with E-state index in [1.54, 1.807) is 22.6 Å². The van der Waals surface area contributed by atoms with E-state index in [9.17, 15) is 4.39 Å². The summed E-state index contributed by atoms with van der Waals surface area (Å²) in [5.41, 5.74) is 0. The summed E-state index contributed by atoms with van der Waals surface area (Å²) in [6.07, 6.45) is 0. The fourth-order valence-corrected chi connectivity index (χ4v) is 1.33. The summed E-state index contributed by atoms with van der Waals surface area (Å²) in [4.78, 5) is 3.63. The Morgan fingerprint density at radius 3 is 3.00 bits per heavy atom. The summed E-state index contributed by atoms with van der Waals surface area (Å²) >= 11 is 7.27. The monoisotopic (exact) mass is 303 g/mol. The van der Waals surface area contributed by atoms with Crippen molar-refractivity contribution in [3.63, 3.8) is 0 Å². The van der Waals surface area contributed by atoms with E-state index in [0.717, 1.165) is 6.07 Å². The molecule has 0 saturated carbocycles. The second-order valence-electron chi connectivity index (χ2n) is 1.82. The van der Waals surface area contributed by atoms with Crippen LogP contribution in [0.4, 0.5) is 4.39 Å². The molecule has 0 spiro atoms. The van der Waals surface area contributed by atoms with Crippen LogP contribution >= 0.6 is 34.2 Å². The molecule has 1 aromatic heterocycles. The molecule has 0 radical (unpaired) electrons. The van der Waals surface area contributed by atoms with Gasteiger partial charge < -0.3 is 9.84 Å². The van der Waals surface area contributed by atoms with Gasteiger partial charge in [-0.1, -0.05) is 11.6 Å². The van der Waals surface area contributed by atoms with Gasteiger partial charge in [0.25, 0.3) is 0 Å². The lowest BCUT2D eigenvalue weighted by molar-refractivity contribution is 0.0979. The first-order valence-electron chi connectivity index (χ1n) is 2.90. The first-order valence-corrected chi connectivity index (χ1v) is 4.36. The van der Waals surface area contributed by atoms with Gasteiger partial charge in [-0.2, -0.15) is 0 Å². The van der Waals surface area contributed by atoms with E-state index < -0.39 is 12.6 Å². The van der Waals surface area contributed by atoms with E-state index in [4.69, 9.17) is 16.7 Å². The Kier molecular flexibility index (Phi) is 3.48. The third-order valence-electron chi connectivity index (χ3n) is 1.07. The van der Waals surface area contributed by atoms with Crippen LogP contribution in [-0.2, 0) is 0 Å². The summed E-state index contributed by atoms with van der Waals surface area (Å²) in [6.45, 7) is -0.554. The van der Waals surface area contributed by atoms with E-state index in [1.165, 1.54) is 0 Å². The number of rotatable bonds is 2. The maximum absolute atomic E-state index is 12.8. The second kappa shape index (κ2) is 4.20. The zero-order valence-corrected chi connectivity index (χ0v) is 8.63. The van der Waals surface area contributed by atoms with Gasteiger partial charge in [0.1, 0.15) is 3.70 Å². The number of aromatic nitrogens is 1. The molecule has 0 unspecified atom stereocenters. The lowest BCUT2D eigenvalue weighted by Gasteiger charge is -2.04. The lowest BCUT2D eigenvalue weighted by atomic mass is 10.4. The molecule has 0 aliphatic heterocycles. The van der Waals surface area contributed by atoms with Crippen LogP contribution in [0.1, 0.15) is 0 Å². The fourth-order valence-electron chi connectivity index (χ4n) is 0.600. The molecule has 3 nitrogen and oxygen atoms in total. The fraction of sp³-hybridized carbons (Fsp3) is 0.167. The van der Waals surface area contributed by atoms with Crippen molar-refractivity contribution in [3.05, 3.63) is 20.7 Å². The van der Waals surface area contributed by atoms with E-state index in [1.807, 2.05) is 0 Å². The third-order valence-corrected chi connectivity index (χ3v) is 2.10. The Labute approximate surface area is 86.7 Å². The van der Waals surface area contributed by atoms with Crippen LogP contribution < -0.4 is 4.74 Å². The minimum absolute atomic E-state index is 0.0369. The minimum atomic E-state index is -0.554. The van der Waals surface area contributed by atoms with Crippen molar-refractivity contribution in [3.8, 4) is 5.75 Å². The summed E-state index contributed by atoms with van der Waals surface area (Å²) in [5, 5.41) is 8.41. The third kappa shape index (κ3) is 2.18. The lowest BCUT2D eigenvalue weighted by Crippen LogP contribution is -1.98. The van der Waals surface area contributed by atoms with E-state index in [0.29, 0.717) is 0 Å². The van der Waals surface area contributed by atoms with Crippen molar-refractivity contribution in [2.24, 2.45) is 0 Å². The average Bonchev–Trinajstić information content (AvgIpc) is 2.01. The standard InChI is InChI=1S/C6H4ClFINO2/c7-5-4(12-2-11)1-3(8)6(9)10-5/h1,11H,2H2. The molecule has 66 valence electrons. The number of hydrogen-bond donors (Lipinski definition) is 1. The Morgan fingerprint density at radius 1 is 1.75 bits per heavy atom. The normalized spacial score (nSPS) is 10.0. The van der Waals surface area contributed by atoms with Gasteiger partial charge in [-0.25, -0.2) is 9.37 Å². The van der Waals surface area contributed by atoms with Crippen LogP contribution in [-0.4, -0.2) is 16.9 Å². The largest absolute Gasteiger partial charge is 0.464 e. The Morgan fingerprint density at radius 2 is 2.42 bits per heavy atom. The molecule has 0 fully saturated rings. The van der Waals surface area contributed by atoms with E-state index in [-0.39, 0.29) is 14.6 Å². The van der Waals surface area contributed by atoms with Gasteiger partial charge in [-0.15, -0.1) is 0 Å². The van der Waals surface area contributed by atoms with Gasteiger partial charge in [-0.3, -0.25) is 0 Å². The van der Waals surface area contributed by atoms with Crippen molar-refractivity contribution in [2.45, 2.75) is 0 Å². The van der Waals surface area contributed by atoms with Crippen molar-refractivity contribution in [1.29, 1.82) is 0 Å². The van der Waals surface area contributed by atoms with Crippen LogP contribution in [0.5, 0.6) is 5.75 Å². The number of aliphatic hydroxyl groups is 1. The van der Waals surface area contributed by atoms with Crippen LogP contribution in [0.25, 0.3) is 0 Å². The predicted molar refractivity (Wildman–Crippen MR) is 49.6 cm³/mol. The topological polar surface area (TPSA) is 42.4 Å². The van der Waals surface area contributed by atoms with Gasteiger partial charge >= 0.3 is 0 Å². The summed E-state index contributed by atoms with van der Waals surface area (Å²) < 4.78 is 17.6. The molecular formula is C6H4ClFINO2. The van der Waals surface area contributed by atoms with Gasteiger partial charge in [0.05, 0.1) is 0 Å². The SMILES string of the molecule is OCOc1cc(F)c(I)nc1Cl. The highest BCUT2D eigenvalue weighted by atomic mass is 127. The number of hydrogen-bond acceptors (Lipinski definition) is 3. The molecular weight excluding hydrogens is 299 g/mol. The summed E-state index contributed by atoms with van der Waals surface area (Å²) in [7, 11) is 0. The van der Waals surface area contributed by atoms with E-state index >= 15 is 0 Å². The van der Waals surface area contributed by atoms with Crippen LogP contribution in [0.15, 0.2) is 6.07 Å². The van der Waals surface area contributed by atoms with Crippen LogP contribution in [0, 0.1) is 9.52 Å².